The number of rotatable bonds is 3. The Hall–Kier alpha value is -1.56. The average Bonchev–Trinajstić information content (AvgIpc) is 2.53. The fraction of sp³-hybridized carbons (Fsp3) is 0.636. The lowest BCUT2D eigenvalue weighted by Crippen LogP contribution is -2.32. The van der Waals surface area contributed by atoms with Crippen LogP contribution in [-0.4, -0.2) is 16.7 Å². The molecule has 1 rings (SSSR count). The summed E-state index contributed by atoms with van der Waals surface area (Å²) in [6.07, 6.45) is -0.498. The zero-order valence-electron chi connectivity index (χ0n) is 10.7. The molecule has 0 radical (unpaired) electrons. The summed E-state index contributed by atoms with van der Waals surface area (Å²) in [5, 5.41) is 2.56. The largest absolute Gasteiger partial charge is 0.444 e. The predicted molar refractivity (Wildman–Crippen MR) is 62.2 cm³/mol. The summed E-state index contributed by atoms with van der Waals surface area (Å²) in [6.45, 7) is 7.70. The predicted octanol–water partition coefficient (Wildman–Crippen LogP) is 1.47. The van der Waals surface area contributed by atoms with Crippen LogP contribution in [0.4, 0.5) is 4.79 Å². The lowest BCUT2D eigenvalue weighted by Gasteiger charge is -2.19. The zero-order valence-corrected chi connectivity index (χ0v) is 10.7. The molecular weight excluding hydrogens is 222 g/mol. The van der Waals surface area contributed by atoms with Gasteiger partial charge in [-0.15, -0.1) is 0 Å². The lowest BCUT2D eigenvalue weighted by atomic mass is 10.2. The fourth-order valence-corrected chi connectivity index (χ4v) is 1.22. The number of aryl methyl sites for hydroxylation is 1. The third-order valence-corrected chi connectivity index (χ3v) is 1.91. The Morgan fingerprint density at radius 2 is 2.18 bits per heavy atom. The van der Waals surface area contributed by atoms with Gasteiger partial charge in [0, 0.05) is 0 Å². The zero-order chi connectivity index (χ0) is 13.1. The molecule has 6 nitrogen and oxygen atoms in total. The topological polar surface area (TPSA) is 90.4 Å². The van der Waals surface area contributed by atoms with Crippen molar-refractivity contribution in [1.82, 2.24) is 10.3 Å². The second-order valence-corrected chi connectivity index (χ2v) is 4.68. The van der Waals surface area contributed by atoms with Crippen molar-refractivity contribution in [3.8, 4) is 0 Å². The third-order valence-electron chi connectivity index (χ3n) is 1.91. The van der Waals surface area contributed by atoms with Gasteiger partial charge in [-0.2, -0.15) is 0 Å². The van der Waals surface area contributed by atoms with Crippen molar-refractivity contribution in [1.29, 1.82) is 0 Å². The normalized spacial score (nSPS) is 11.4. The van der Waals surface area contributed by atoms with E-state index in [2.05, 4.69) is 10.3 Å². The SMILES string of the molecule is Cc1nc(CNC(=O)OC(C)(C)C)oc1CN. The first kappa shape index (κ1) is 13.5. The highest BCUT2D eigenvalue weighted by Crippen LogP contribution is 2.10. The number of alkyl carbamates (subject to hydrolysis) is 1. The molecule has 3 N–H and O–H groups in total. The quantitative estimate of drug-likeness (QED) is 0.836. The van der Waals surface area contributed by atoms with Gasteiger partial charge in [-0.3, -0.25) is 0 Å². The van der Waals surface area contributed by atoms with Crippen molar-refractivity contribution < 1.29 is 13.9 Å². The molecular formula is C11H19N3O3. The van der Waals surface area contributed by atoms with Crippen molar-refractivity contribution in [2.75, 3.05) is 0 Å². The van der Waals surface area contributed by atoms with E-state index in [0.29, 0.717) is 18.2 Å². The van der Waals surface area contributed by atoms with E-state index in [1.807, 2.05) is 6.92 Å². The van der Waals surface area contributed by atoms with Gasteiger partial charge < -0.3 is 20.2 Å². The monoisotopic (exact) mass is 241 g/mol. The maximum atomic E-state index is 11.4. The standard InChI is InChI=1S/C11H19N3O3/c1-7-8(5-12)16-9(14-7)6-13-10(15)17-11(2,3)4/h5-6,12H2,1-4H3,(H,13,15). The van der Waals surface area contributed by atoms with Crippen molar-refractivity contribution in [2.24, 2.45) is 5.73 Å². The second kappa shape index (κ2) is 5.18. The molecule has 0 aromatic carbocycles. The fourth-order valence-electron chi connectivity index (χ4n) is 1.22. The molecule has 17 heavy (non-hydrogen) atoms. The molecule has 0 fully saturated rings. The molecule has 96 valence electrons. The first-order valence-electron chi connectivity index (χ1n) is 5.44. The number of ether oxygens (including phenoxy) is 1. The second-order valence-electron chi connectivity index (χ2n) is 4.68. The Bertz CT molecular complexity index is 393. The number of aromatic nitrogens is 1. The Morgan fingerprint density at radius 1 is 1.53 bits per heavy atom. The first-order valence-corrected chi connectivity index (χ1v) is 5.44. The molecule has 1 heterocycles. The van der Waals surface area contributed by atoms with Crippen LogP contribution in [0.15, 0.2) is 4.42 Å². The Balaban J connectivity index is 2.47. The van der Waals surface area contributed by atoms with Gasteiger partial charge in [0.15, 0.2) is 0 Å². The van der Waals surface area contributed by atoms with Crippen LogP contribution in [0.1, 0.15) is 38.1 Å². The first-order chi connectivity index (χ1) is 7.81. The van der Waals surface area contributed by atoms with Crippen LogP contribution < -0.4 is 11.1 Å². The number of hydrogen-bond donors (Lipinski definition) is 2. The summed E-state index contributed by atoms with van der Waals surface area (Å²) >= 11 is 0. The van der Waals surface area contributed by atoms with Crippen LogP contribution in [0, 0.1) is 6.92 Å². The molecule has 0 aliphatic heterocycles. The van der Waals surface area contributed by atoms with Crippen LogP contribution in [0.25, 0.3) is 0 Å². The van der Waals surface area contributed by atoms with Crippen LogP contribution in [0.2, 0.25) is 0 Å². The van der Waals surface area contributed by atoms with Crippen LogP contribution in [0.3, 0.4) is 0 Å². The smallest absolute Gasteiger partial charge is 0.408 e. The third kappa shape index (κ3) is 4.44. The Labute approximate surface area is 101 Å². The molecule has 0 aliphatic carbocycles. The van der Waals surface area contributed by atoms with Gasteiger partial charge in [-0.1, -0.05) is 0 Å². The van der Waals surface area contributed by atoms with Crippen molar-refractivity contribution in [3.05, 3.63) is 17.3 Å². The number of nitrogens with two attached hydrogens (primary N) is 1. The van der Waals surface area contributed by atoms with Crippen molar-refractivity contribution in [3.63, 3.8) is 0 Å². The van der Waals surface area contributed by atoms with E-state index in [9.17, 15) is 4.79 Å². The number of nitrogens with zero attached hydrogens (tertiary/aromatic N) is 1. The highest BCUT2D eigenvalue weighted by Gasteiger charge is 2.16. The van der Waals surface area contributed by atoms with Gasteiger partial charge >= 0.3 is 6.09 Å². The maximum absolute atomic E-state index is 11.4. The molecule has 0 saturated heterocycles. The molecule has 1 aromatic rings. The summed E-state index contributed by atoms with van der Waals surface area (Å²) in [4.78, 5) is 15.5. The van der Waals surface area contributed by atoms with E-state index >= 15 is 0 Å². The van der Waals surface area contributed by atoms with Gasteiger partial charge in [0.25, 0.3) is 0 Å². The lowest BCUT2D eigenvalue weighted by molar-refractivity contribution is 0.0518. The summed E-state index contributed by atoms with van der Waals surface area (Å²) in [5.74, 6) is 1.06. The number of oxazole rings is 1. The number of carbonyl (C=O) groups excluding carboxylic acids is 1. The van der Waals surface area contributed by atoms with Gasteiger partial charge in [-0.05, 0) is 27.7 Å². The van der Waals surface area contributed by atoms with Crippen LogP contribution in [-0.2, 0) is 17.8 Å². The summed E-state index contributed by atoms with van der Waals surface area (Å²) in [5.41, 5.74) is 5.69. The van der Waals surface area contributed by atoms with E-state index in [-0.39, 0.29) is 6.54 Å². The van der Waals surface area contributed by atoms with E-state index in [1.165, 1.54) is 0 Å². The van der Waals surface area contributed by atoms with Crippen molar-refractivity contribution >= 4 is 6.09 Å². The molecule has 1 amide bonds. The number of nitrogens with one attached hydrogen (secondary N) is 1. The van der Waals surface area contributed by atoms with Gasteiger partial charge in [0.1, 0.15) is 11.4 Å². The molecule has 6 heteroatoms. The number of amides is 1. The molecule has 0 unspecified atom stereocenters. The summed E-state index contributed by atoms with van der Waals surface area (Å²) in [7, 11) is 0. The molecule has 0 spiro atoms. The van der Waals surface area contributed by atoms with Crippen molar-refractivity contribution in [2.45, 2.75) is 46.4 Å². The maximum Gasteiger partial charge on any atom is 0.408 e. The van der Waals surface area contributed by atoms with Crippen LogP contribution >= 0.6 is 0 Å². The molecule has 0 saturated carbocycles. The minimum atomic E-state index is -0.515. The van der Waals surface area contributed by atoms with E-state index < -0.39 is 11.7 Å². The number of hydrogen-bond acceptors (Lipinski definition) is 5. The van der Waals surface area contributed by atoms with E-state index in [0.717, 1.165) is 5.69 Å². The van der Waals surface area contributed by atoms with Crippen LogP contribution in [0.5, 0.6) is 0 Å². The molecule has 0 bridgehead atoms. The molecule has 0 aliphatic rings. The molecule has 0 atom stereocenters. The average molecular weight is 241 g/mol. The Morgan fingerprint density at radius 3 is 2.65 bits per heavy atom. The number of carbonyl (C=O) groups is 1. The minimum Gasteiger partial charge on any atom is -0.444 e. The summed E-state index contributed by atoms with van der Waals surface area (Å²) in [6, 6.07) is 0. The van der Waals surface area contributed by atoms with Gasteiger partial charge in [-0.25, -0.2) is 9.78 Å². The van der Waals surface area contributed by atoms with E-state index in [4.69, 9.17) is 14.9 Å². The summed E-state index contributed by atoms with van der Waals surface area (Å²) < 4.78 is 10.4. The van der Waals surface area contributed by atoms with Gasteiger partial charge in [0.05, 0.1) is 18.8 Å². The molecule has 1 aromatic heterocycles. The Kier molecular flexibility index (Phi) is 4.11. The highest BCUT2D eigenvalue weighted by molar-refractivity contribution is 5.67. The van der Waals surface area contributed by atoms with E-state index in [1.54, 1.807) is 20.8 Å². The van der Waals surface area contributed by atoms with Gasteiger partial charge in [0.2, 0.25) is 5.89 Å². The highest BCUT2D eigenvalue weighted by atomic mass is 16.6. The minimum absolute atomic E-state index is 0.190.